The molecule has 0 saturated heterocycles. The Morgan fingerprint density at radius 1 is 1.05 bits per heavy atom. The van der Waals surface area contributed by atoms with Gasteiger partial charge in [-0.25, -0.2) is 0 Å². The first-order valence-electron chi connectivity index (χ1n) is 6.49. The summed E-state index contributed by atoms with van der Waals surface area (Å²) in [6.45, 7) is 4.58. The molecule has 1 aromatic carbocycles. The van der Waals surface area contributed by atoms with Gasteiger partial charge in [0.25, 0.3) is 5.91 Å². The van der Waals surface area contributed by atoms with E-state index in [9.17, 15) is 9.59 Å². The number of ether oxygens (including phenoxy) is 1. The maximum Gasteiger partial charge on any atom is 0.269 e. The highest BCUT2D eigenvalue weighted by molar-refractivity contribution is 5.95. The van der Waals surface area contributed by atoms with Crippen molar-refractivity contribution in [2.75, 3.05) is 6.61 Å². The van der Waals surface area contributed by atoms with Gasteiger partial charge in [0.2, 0.25) is 5.91 Å². The predicted octanol–water partition coefficient (Wildman–Crippen LogP) is 2.04. The Balaban J connectivity index is 2.46. The Bertz CT molecular complexity index is 415. The molecule has 1 rings (SSSR count). The first-order chi connectivity index (χ1) is 9.17. The minimum Gasteiger partial charge on any atom is -0.494 e. The minimum absolute atomic E-state index is 0.196. The standard InChI is InChI=1S/C14H20N2O3/c1-3-5-13(17)15-16-14(18)11-6-8-12(9-7-11)19-10-4-2/h6-9H,3-5,10H2,1-2H3,(H,15,17)(H,16,18). The quantitative estimate of drug-likeness (QED) is 0.773. The fourth-order valence-electron chi connectivity index (χ4n) is 1.41. The monoisotopic (exact) mass is 264 g/mol. The lowest BCUT2D eigenvalue weighted by molar-refractivity contribution is -0.121. The molecule has 0 aromatic heterocycles. The number of hydrazine groups is 1. The van der Waals surface area contributed by atoms with E-state index in [1.807, 2.05) is 13.8 Å². The highest BCUT2D eigenvalue weighted by Crippen LogP contribution is 2.12. The van der Waals surface area contributed by atoms with Gasteiger partial charge in [-0.2, -0.15) is 0 Å². The van der Waals surface area contributed by atoms with E-state index in [0.717, 1.165) is 18.6 Å². The zero-order valence-corrected chi connectivity index (χ0v) is 11.4. The Morgan fingerprint density at radius 2 is 1.74 bits per heavy atom. The lowest BCUT2D eigenvalue weighted by Gasteiger charge is -2.08. The van der Waals surface area contributed by atoms with Gasteiger partial charge >= 0.3 is 0 Å². The van der Waals surface area contributed by atoms with Crippen LogP contribution in [0.4, 0.5) is 0 Å². The van der Waals surface area contributed by atoms with Gasteiger partial charge in [0.1, 0.15) is 5.75 Å². The summed E-state index contributed by atoms with van der Waals surface area (Å²) in [4.78, 5) is 22.9. The molecule has 0 aliphatic carbocycles. The summed E-state index contributed by atoms with van der Waals surface area (Å²) in [7, 11) is 0. The number of nitrogens with one attached hydrogen (secondary N) is 2. The van der Waals surface area contributed by atoms with Crippen molar-refractivity contribution in [2.45, 2.75) is 33.1 Å². The molecule has 1 aromatic rings. The second-order valence-corrected chi connectivity index (χ2v) is 4.13. The summed E-state index contributed by atoms with van der Waals surface area (Å²) in [6.07, 6.45) is 2.07. The second-order valence-electron chi connectivity index (χ2n) is 4.13. The van der Waals surface area contributed by atoms with Gasteiger partial charge in [-0.05, 0) is 37.1 Å². The number of rotatable bonds is 6. The number of hydrogen-bond acceptors (Lipinski definition) is 3. The molecule has 0 spiro atoms. The average molecular weight is 264 g/mol. The van der Waals surface area contributed by atoms with Crippen molar-refractivity contribution in [3.05, 3.63) is 29.8 Å². The van der Waals surface area contributed by atoms with Gasteiger partial charge in [0.05, 0.1) is 6.61 Å². The molecule has 0 aliphatic heterocycles. The number of carbonyl (C=O) groups is 2. The number of hydrogen-bond donors (Lipinski definition) is 2. The molecule has 0 unspecified atom stereocenters. The largest absolute Gasteiger partial charge is 0.494 e. The van der Waals surface area contributed by atoms with E-state index in [1.54, 1.807) is 24.3 Å². The van der Waals surface area contributed by atoms with Crippen LogP contribution in [0.3, 0.4) is 0 Å². The smallest absolute Gasteiger partial charge is 0.269 e. The van der Waals surface area contributed by atoms with Crippen LogP contribution in [0.2, 0.25) is 0 Å². The van der Waals surface area contributed by atoms with E-state index in [0.29, 0.717) is 18.6 Å². The van der Waals surface area contributed by atoms with Crippen molar-refractivity contribution in [3.63, 3.8) is 0 Å². The molecular formula is C14H20N2O3. The van der Waals surface area contributed by atoms with Crippen molar-refractivity contribution >= 4 is 11.8 Å². The summed E-state index contributed by atoms with van der Waals surface area (Å²) in [5.74, 6) is 0.193. The average Bonchev–Trinajstić information content (AvgIpc) is 2.43. The molecule has 0 fully saturated rings. The summed E-state index contributed by atoms with van der Waals surface area (Å²) in [5.41, 5.74) is 5.20. The van der Waals surface area contributed by atoms with E-state index in [1.165, 1.54) is 0 Å². The second kappa shape index (κ2) is 8.13. The van der Waals surface area contributed by atoms with Crippen LogP contribution >= 0.6 is 0 Å². The van der Waals surface area contributed by atoms with Crippen molar-refractivity contribution in [1.29, 1.82) is 0 Å². The summed E-state index contributed by atoms with van der Waals surface area (Å²) in [6, 6.07) is 6.79. The SMILES string of the molecule is CCCOc1ccc(C(=O)NNC(=O)CCC)cc1. The third-order valence-corrected chi connectivity index (χ3v) is 2.38. The molecule has 0 saturated carbocycles. The lowest BCUT2D eigenvalue weighted by atomic mass is 10.2. The molecular weight excluding hydrogens is 244 g/mol. The van der Waals surface area contributed by atoms with Gasteiger partial charge in [-0.3, -0.25) is 20.4 Å². The Morgan fingerprint density at radius 3 is 2.32 bits per heavy atom. The van der Waals surface area contributed by atoms with Crippen LogP contribution in [-0.4, -0.2) is 18.4 Å². The topological polar surface area (TPSA) is 67.4 Å². The maximum atomic E-state index is 11.7. The molecule has 5 heteroatoms. The normalized spacial score (nSPS) is 9.79. The van der Waals surface area contributed by atoms with Crippen LogP contribution in [0.5, 0.6) is 5.75 Å². The Hall–Kier alpha value is -2.04. The summed E-state index contributed by atoms with van der Waals surface area (Å²) >= 11 is 0. The first-order valence-corrected chi connectivity index (χ1v) is 6.49. The van der Waals surface area contributed by atoms with Gasteiger partial charge in [-0.15, -0.1) is 0 Å². The molecule has 0 heterocycles. The molecule has 0 radical (unpaired) electrons. The third-order valence-electron chi connectivity index (χ3n) is 2.38. The van der Waals surface area contributed by atoms with Crippen molar-refractivity contribution in [2.24, 2.45) is 0 Å². The molecule has 19 heavy (non-hydrogen) atoms. The van der Waals surface area contributed by atoms with E-state index in [-0.39, 0.29) is 11.8 Å². The molecule has 0 bridgehead atoms. The van der Waals surface area contributed by atoms with E-state index in [2.05, 4.69) is 10.9 Å². The molecule has 5 nitrogen and oxygen atoms in total. The van der Waals surface area contributed by atoms with E-state index < -0.39 is 0 Å². The van der Waals surface area contributed by atoms with Crippen LogP contribution in [-0.2, 0) is 4.79 Å². The van der Waals surface area contributed by atoms with Gasteiger partial charge in [-0.1, -0.05) is 13.8 Å². The van der Waals surface area contributed by atoms with E-state index >= 15 is 0 Å². The molecule has 104 valence electrons. The zero-order valence-electron chi connectivity index (χ0n) is 11.4. The van der Waals surface area contributed by atoms with Gasteiger partial charge < -0.3 is 4.74 Å². The van der Waals surface area contributed by atoms with Crippen LogP contribution in [0.25, 0.3) is 0 Å². The summed E-state index contributed by atoms with van der Waals surface area (Å²) in [5, 5.41) is 0. The maximum absolute atomic E-state index is 11.7. The van der Waals surface area contributed by atoms with Crippen LogP contribution in [0.1, 0.15) is 43.5 Å². The van der Waals surface area contributed by atoms with Gasteiger partial charge in [0.15, 0.2) is 0 Å². The number of carbonyl (C=O) groups excluding carboxylic acids is 2. The highest BCUT2D eigenvalue weighted by atomic mass is 16.5. The lowest BCUT2D eigenvalue weighted by Crippen LogP contribution is -2.41. The highest BCUT2D eigenvalue weighted by Gasteiger charge is 2.06. The Kier molecular flexibility index (Phi) is 6.43. The van der Waals surface area contributed by atoms with Crippen molar-refractivity contribution in [3.8, 4) is 5.75 Å². The first kappa shape index (κ1) is 15.0. The van der Waals surface area contributed by atoms with Crippen LogP contribution < -0.4 is 15.6 Å². The van der Waals surface area contributed by atoms with Gasteiger partial charge in [0, 0.05) is 12.0 Å². The summed E-state index contributed by atoms with van der Waals surface area (Å²) < 4.78 is 5.42. The Labute approximate surface area is 113 Å². The minimum atomic E-state index is -0.341. The molecule has 2 amide bonds. The zero-order chi connectivity index (χ0) is 14.1. The number of amides is 2. The van der Waals surface area contributed by atoms with Crippen LogP contribution in [0.15, 0.2) is 24.3 Å². The predicted molar refractivity (Wildman–Crippen MR) is 72.7 cm³/mol. The van der Waals surface area contributed by atoms with Crippen molar-refractivity contribution < 1.29 is 14.3 Å². The molecule has 0 atom stereocenters. The molecule has 0 aliphatic rings. The third kappa shape index (κ3) is 5.42. The molecule has 2 N–H and O–H groups in total. The fourth-order valence-corrected chi connectivity index (χ4v) is 1.41. The number of benzene rings is 1. The van der Waals surface area contributed by atoms with Crippen LogP contribution in [0, 0.1) is 0 Å². The fraction of sp³-hybridized carbons (Fsp3) is 0.429. The van der Waals surface area contributed by atoms with E-state index in [4.69, 9.17) is 4.74 Å². The van der Waals surface area contributed by atoms with Crippen molar-refractivity contribution in [1.82, 2.24) is 10.9 Å².